The van der Waals surface area contributed by atoms with Gasteiger partial charge in [-0.15, -0.1) is 23.5 Å². The summed E-state index contributed by atoms with van der Waals surface area (Å²) in [5, 5.41) is 2.76. The number of hydrogen-bond acceptors (Lipinski definition) is 5. The highest BCUT2D eigenvalue weighted by Crippen LogP contribution is 2.24. The maximum absolute atomic E-state index is 11.9. The van der Waals surface area contributed by atoms with Crippen LogP contribution in [0, 0.1) is 6.92 Å². The van der Waals surface area contributed by atoms with Crippen LogP contribution >= 0.6 is 23.5 Å². The Bertz CT molecular complexity index is 717. The van der Waals surface area contributed by atoms with E-state index in [1.807, 2.05) is 61.7 Å². The molecule has 132 valence electrons. The van der Waals surface area contributed by atoms with Gasteiger partial charge in [0.05, 0.1) is 11.4 Å². The second-order valence-corrected chi connectivity index (χ2v) is 7.22. The molecule has 0 radical (unpaired) electrons. The first kappa shape index (κ1) is 19.4. The number of anilines is 1. The molecule has 0 aliphatic carbocycles. The first-order valence-corrected chi connectivity index (χ1v) is 10.2. The van der Waals surface area contributed by atoms with Gasteiger partial charge in [0, 0.05) is 10.6 Å². The van der Waals surface area contributed by atoms with E-state index in [1.165, 1.54) is 17.3 Å². The lowest BCUT2D eigenvalue weighted by Gasteiger charge is -2.09. The van der Waals surface area contributed by atoms with E-state index in [1.54, 1.807) is 11.8 Å². The van der Waals surface area contributed by atoms with Gasteiger partial charge in [0.25, 0.3) is 5.91 Å². The number of thioether (sulfide) groups is 2. The smallest absolute Gasteiger partial charge is 0.316 e. The van der Waals surface area contributed by atoms with Gasteiger partial charge in [-0.05, 0) is 30.9 Å². The second kappa shape index (κ2) is 10.2. The molecule has 0 heterocycles. The van der Waals surface area contributed by atoms with Crippen LogP contribution < -0.4 is 5.32 Å². The zero-order valence-electron chi connectivity index (χ0n) is 14.3. The van der Waals surface area contributed by atoms with E-state index >= 15 is 0 Å². The van der Waals surface area contributed by atoms with Crippen molar-refractivity contribution in [3.05, 3.63) is 59.7 Å². The minimum atomic E-state index is -0.384. The summed E-state index contributed by atoms with van der Waals surface area (Å²) in [5.41, 5.74) is 3.10. The Balaban J connectivity index is 1.68. The van der Waals surface area contributed by atoms with Gasteiger partial charge in [0.15, 0.2) is 6.61 Å². The Morgan fingerprint density at radius 2 is 1.80 bits per heavy atom. The number of nitrogens with one attached hydrogen (secondary N) is 1. The summed E-state index contributed by atoms with van der Waals surface area (Å²) < 4.78 is 5.03. The molecule has 0 saturated heterocycles. The van der Waals surface area contributed by atoms with Gasteiger partial charge in [-0.25, -0.2) is 0 Å². The summed E-state index contributed by atoms with van der Waals surface area (Å²) in [4.78, 5) is 24.6. The van der Waals surface area contributed by atoms with Crippen molar-refractivity contribution >= 4 is 41.1 Å². The van der Waals surface area contributed by atoms with E-state index in [2.05, 4.69) is 5.32 Å². The van der Waals surface area contributed by atoms with E-state index in [0.29, 0.717) is 0 Å². The molecule has 0 spiro atoms. The predicted molar refractivity (Wildman–Crippen MR) is 105 cm³/mol. The molecular weight excluding hydrogens is 354 g/mol. The summed E-state index contributed by atoms with van der Waals surface area (Å²) in [6.07, 6.45) is 1.94. The molecular formula is C19H21NO3S2. The summed E-state index contributed by atoms with van der Waals surface area (Å²) in [6.45, 7) is 1.77. The van der Waals surface area contributed by atoms with Gasteiger partial charge in [0.1, 0.15) is 0 Å². The number of carbonyl (C=O) groups excluding carboxylic acids is 2. The van der Waals surface area contributed by atoms with Crippen molar-refractivity contribution in [2.45, 2.75) is 17.6 Å². The van der Waals surface area contributed by atoms with Gasteiger partial charge in [-0.3, -0.25) is 9.59 Å². The molecule has 0 aliphatic rings. The molecule has 1 amide bonds. The Kier molecular flexibility index (Phi) is 7.88. The van der Waals surface area contributed by atoms with Gasteiger partial charge >= 0.3 is 5.97 Å². The van der Waals surface area contributed by atoms with Crippen molar-refractivity contribution in [3.63, 3.8) is 0 Å². The number of ether oxygens (including phenoxy) is 1. The third-order valence-corrected chi connectivity index (χ3v) is 5.13. The Morgan fingerprint density at radius 3 is 2.52 bits per heavy atom. The lowest BCUT2D eigenvalue weighted by molar-refractivity contribution is -0.144. The topological polar surface area (TPSA) is 55.4 Å². The molecule has 4 nitrogen and oxygen atoms in total. The van der Waals surface area contributed by atoms with Gasteiger partial charge in [-0.1, -0.05) is 42.0 Å². The van der Waals surface area contributed by atoms with Crippen LogP contribution in [0.2, 0.25) is 0 Å². The SMILES string of the molecule is CSc1ccccc1NC(=O)COC(=O)CSCc1ccc(C)cc1. The average molecular weight is 376 g/mol. The number of carbonyl (C=O) groups is 2. The van der Waals surface area contributed by atoms with Crippen LogP contribution in [-0.4, -0.2) is 30.5 Å². The zero-order chi connectivity index (χ0) is 18.1. The molecule has 0 aliphatic heterocycles. The fourth-order valence-corrected chi connectivity index (χ4v) is 3.39. The molecule has 0 atom stereocenters. The van der Waals surface area contributed by atoms with Crippen LogP contribution in [-0.2, 0) is 20.1 Å². The van der Waals surface area contributed by atoms with Crippen molar-refractivity contribution in [2.24, 2.45) is 0 Å². The highest BCUT2D eigenvalue weighted by molar-refractivity contribution is 7.99. The molecule has 2 rings (SSSR count). The Hall–Kier alpha value is -1.92. The van der Waals surface area contributed by atoms with Gasteiger partial charge in [-0.2, -0.15) is 0 Å². The van der Waals surface area contributed by atoms with Crippen LogP contribution in [0.1, 0.15) is 11.1 Å². The average Bonchev–Trinajstić information content (AvgIpc) is 2.62. The summed E-state index contributed by atoms with van der Waals surface area (Å²) in [7, 11) is 0. The van der Waals surface area contributed by atoms with Crippen LogP contribution in [0.25, 0.3) is 0 Å². The molecule has 25 heavy (non-hydrogen) atoms. The number of benzene rings is 2. The lowest BCUT2D eigenvalue weighted by Crippen LogP contribution is -2.21. The fraction of sp³-hybridized carbons (Fsp3) is 0.263. The Labute approximate surface area is 156 Å². The summed E-state index contributed by atoms with van der Waals surface area (Å²) in [5.74, 6) is 0.245. The maximum Gasteiger partial charge on any atom is 0.316 e. The molecule has 2 aromatic carbocycles. The van der Waals surface area contributed by atoms with Gasteiger partial charge < -0.3 is 10.1 Å². The third-order valence-electron chi connectivity index (χ3n) is 3.35. The van der Waals surface area contributed by atoms with E-state index in [-0.39, 0.29) is 24.2 Å². The molecule has 2 aromatic rings. The number of hydrogen-bond donors (Lipinski definition) is 1. The highest BCUT2D eigenvalue weighted by atomic mass is 32.2. The Morgan fingerprint density at radius 1 is 1.08 bits per heavy atom. The molecule has 0 saturated carbocycles. The van der Waals surface area contributed by atoms with Crippen LogP contribution in [0.4, 0.5) is 5.69 Å². The predicted octanol–water partition coefficient (Wildman–Crippen LogP) is 4.13. The van der Waals surface area contributed by atoms with Crippen molar-refractivity contribution in [3.8, 4) is 0 Å². The molecule has 0 fully saturated rings. The molecule has 0 bridgehead atoms. The van der Waals surface area contributed by atoms with Crippen LogP contribution in [0.15, 0.2) is 53.4 Å². The monoisotopic (exact) mass is 375 g/mol. The van der Waals surface area contributed by atoms with Crippen molar-refractivity contribution < 1.29 is 14.3 Å². The van der Waals surface area contributed by atoms with Gasteiger partial charge in [0.2, 0.25) is 0 Å². The highest BCUT2D eigenvalue weighted by Gasteiger charge is 2.10. The standard InChI is InChI=1S/C19H21NO3S2/c1-14-7-9-15(10-8-14)12-25-13-19(22)23-11-18(21)20-16-5-3-4-6-17(16)24-2/h3-10H,11-13H2,1-2H3,(H,20,21). The van der Waals surface area contributed by atoms with Crippen LogP contribution in [0.5, 0.6) is 0 Å². The minimum Gasteiger partial charge on any atom is -0.455 e. The third kappa shape index (κ3) is 6.84. The van der Waals surface area contributed by atoms with E-state index in [4.69, 9.17) is 4.74 Å². The molecule has 6 heteroatoms. The summed E-state index contributed by atoms with van der Waals surface area (Å²) in [6, 6.07) is 15.7. The van der Waals surface area contributed by atoms with E-state index in [9.17, 15) is 9.59 Å². The largest absolute Gasteiger partial charge is 0.455 e. The second-order valence-electron chi connectivity index (χ2n) is 5.39. The van der Waals surface area contributed by atoms with E-state index < -0.39 is 0 Å². The molecule has 0 unspecified atom stereocenters. The molecule has 0 aromatic heterocycles. The quantitative estimate of drug-likeness (QED) is 0.555. The van der Waals surface area contributed by atoms with Crippen molar-refractivity contribution in [1.82, 2.24) is 0 Å². The number of rotatable bonds is 8. The fourth-order valence-electron chi connectivity index (χ4n) is 2.06. The first-order valence-electron chi connectivity index (χ1n) is 7.80. The number of aryl methyl sites for hydroxylation is 1. The van der Waals surface area contributed by atoms with Crippen molar-refractivity contribution in [1.29, 1.82) is 0 Å². The van der Waals surface area contributed by atoms with E-state index in [0.717, 1.165) is 21.9 Å². The summed E-state index contributed by atoms with van der Waals surface area (Å²) >= 11 is 3.02. The normalized spacial score (nSPS) is 10.3. The number of esters is 1. The first-order chi connectivity index (χ1) is 12.1. The minimum absolute atomic E-state index is 0.225. The zero-order valence-corrected chi connectivity index (χ0v) is 15.9. The van der Waals surface area contributed by atoms with Crippen LogP contribution in [0.3, 0.4) is 0 Å². The molecule has 1 N–H and O–H groups in total. The van der Waals surface area contributed by atoms with Crippen molar-refractivity contribution in [2.75, 3.05) is 23.9 Å². The number of para-hydroxylation sites is 1. The maximum atomic E-state index is 11.9. The number of amides is 1. The lowest BCUT2D eigenvalue weighted by atomic mass is 10.2.